The Bertz CT molecular complexity index is 664. The van der Waals surface area contributed by atoms with Crippen molar-refractivity contribution in [1.29, 1.82) is 0 Å². The first kappa shape index (κ1) is 20.0. The van der Waals surface area contributed by atoms with Crippen LogP contribution in [-0.4, -0.2) is 24.7 Å². The van der Waals surface area contributed by atoms with Gasteiger partial charge in [-0.25, -0.2) is 0 Å². The lowest BCUT2D eigenvalue weighted by Crippen LogP contribution is -2.49. The predicted molar refractivity (Wildman–Crippen MR) is 96.1 cm³/mol. The maximum absolute atomic E-state index is 12.6. The van der Waals surface area contributed by atoms with Crippen molar-refractivity contribution in [2.24, 2.45) is 23.5 Å². The first-order chi connectivity index (χ1) is 12.7. The van der Waals surface area contributed by atoms with E-state index in [0.29, 0.717) is 17.4 Å². The number of hydrogen-bond donors (Lipinski definition) is 2. The quantitative estimate of drug-likeness (QED) is 0.814. The number of benzene rings is 1. The van der Waals surface area contributed by atoms with E-state index in [1.165, 1.54) is 6.42 Å². The maximum Gasteiger partial charge on any atom is 0.422 e. The Balaban J connectivity index is 1.60. The summed E-state index contributed by atoms with van der Waals surface area (Å²) in [5, 5.41) is 2.89. The highest BCUT2D eigenvalue weighted by atomic mass is 19.4. The monoisotopic (exact) mass is 384 g/mol. The largest absolute Gasteiger partial charge is 0.484 e. The number of ether oxygens (including phenoxy) is 1. The van der Waals surface area contributed by atoms with Gasteiger partial charge in [0, 0.05) is 24.1 Å². The van der Waals surface area contributed by atoms with Gasteiger partial charge in [-0.05, 0) is 56.1 Å². The Kier molecular flexibility index (Phi) is 5.99. The van der Waals surface area contributed by atoms with Gasteiger partial charge in [-0.2, -0.15) is 13.2 Å². The number of halogens is 3. The third-order valence-corrected chi connectivity index (χ3v) is 5.85. The van der Waals surface area contributed by atoms with Gasteiger partial charge >= 0.3 is 6.18 Å². The molecule has 0 radical (unpaired) electrons. The van der Waals surface area contributed by atoms with Crippen LogP contribution in [0.25, 0.3) is 0 Å². The zero-order valence-electron chi connectivity index (χ0n) is 15.5. The van der Waals surface area contributed by atoms with Crippen molar-refractivity contribution in [3.8, 4) is 5.75 Å². The molecule has 27 heavy (non-hydrogen) atoms. The standard InChI is InChI=1S/C20H27F3N2O2/c1-12-5-6-15(17(7-12)27-11-20(21,22)23)10-25-19(26)16-8-13-3-2-4-14(9-16)18(13)24/h5-7,13-14,16,18H,2-4,8-11,24H2,1H3,(H,25,26). The number of aryl methyl sites for hydroxylation is 1. The minimum atomic E-state index is -4.40. The molecule has 3 rings (SSSR count). The second-order valence-corrected chi connectivity index (χ2v) is 7.93. The van der Waals surface area contributed by atoms with Crippen molar-refractivity contribution in [2.75, 3.05) is 6.61 Å². The average Bonchev–Trinajstić information content (AvgIpc) is 2.58. The van der Waals surface area contributed by atoms with Crippen molar-refractivity contribution >= 4 is 5.91 Å². The molecule has 0 aromatic heterocycles. The summed E-state index contributed by atoms with van der Waals surface area (Å²) in [5.74, 6) is 0.859. The maximum atomic E-state index is 12.6. The Morgan fingerprint density at radius 2 is 1.93 bits per heavy atom. The van der Waals surface area contributed by atoms with E-state index in [2.05, 4.69) is 5.32 Å². The van der Waals surface area contributed by atoms with Crippen molar-refractivity contribution in [2.45, 2.75) is 57.8 Å². The van der Waals surface area contributed by atoms with Gasteiger partial charge in [0.25, 0.3) is 0 Å². The molecule has 1 amide bonds. The van der Waals surface area contributed by atoms with Gasteiger partial charge in [0.05, 0.1) is 0 Å². The van der Waals surface area contributed by atoms with Gasteiger partial charge in [-0.15, -0.1) is 0 Å². The molecular formula is C20H27F3N2O2. The summed E-state index contributed by atoms with van der Waals surface area (Å²) in [6, 6.07) is 5.26. The Hall–Kier alpha value is -1.76. The predicted octanol–water partition coefficient (Wildman–Crippen LogP) is 3.71. The summed E-state index contributed by atoms with van der Waals surface area (Å²) in [4.78, 5) is 12.6. The number of carbonyl (C=O) groups is 1. The first-order valence-electron chi connectivity index (χ1n) is 9.55. The van der Waals surface area contributed by atoms with Crippen LogP contribution < -0.4 is 15.8 Å². The Morgan fingerprint density at radius 3 is 2.56 bits per heavy atom. The number of fused-ring (bicyclic) bond motifs is 2. The topological polar surface area (TPSA) is 64.4 Å². The van der Waals surface area contributed by atoms with Gasteiger partial charge in [0.1, 0.15) is 5.75 Å². The van der Waals surface area contributed by atoms with E-state index in [0.717, 1.165) is 31.2 Å². The summed E-state index contributed by atoms with van der Waals surface area (Å²) in [6.45, 7) is 0.596. The molecule has 2 atom stereocenters. The first-order valence-corrected chi connectivity index (χ1v) is 9.55. The van der Waals surface area contributed by atoms with E-state index in [4.69, 9.17) is 10.5 Å². The lowest BCUT2D eigenvalue weighted by molar-refractivity contribution is -0.153. The minimum absolute atomic E-state index is 0.0406. The molecule has 2 fully saturated rings. The number of rotatable bonds is 5. The molecule has 0 spiro atoms. The van der Waals surface area contributed by atoms with Crippen LogP contribution in [0.4, 0.5) is 13.2 Å². The fourth-order valence-corrected chi connectivity index (χ4v) is 4.43. The van der Waals surface area contributed by atoms with Crippen LogP contribution in [0.3, 0.4) is 0 Å². The number of amides is 1. The number of carbonyl (C=O) groups excluding carboxylic acids is 1. The highest BCUT2D eigenvalue weighted by molar-refractivity contribution is 5.78. The van der Waals surface area contributed by atoms with E-state index in [-0.39, 0.29) is 30.2 Å². The fraction of sp³-hybridized carbons (Fsp3) is 0.650. The van der Waals surface area contributed by atoms with Crippen LogP contribution in [0.1, 0.15) is 43.2 Å². The number of nitrogens with one attached hydrogen (secondary N) is 1. The van der Waals surface area contributed by atoms with Gasteiger partial charge < -0.3 is 15.8 Å². The minimum Gasteiger partial charge on any atom is -0.484 e. The summed E-state index contributed by atoms with van der Waals surface area (Å²) in [7, 11) is 0. The zero-order valence-corrected chi connectivity index (χ0v) is 15.5. The second-order valence-electron chi connectivity index (χ2n) is 7.93. The molecule has 2 aliphatic rings. The van der Waals surface area contributed by atoms with Crippen LogP contribution in [0.15, 0.2) is 18.2 Å². The summed E-state index contributed by atoms with van der Waals surface area (Å²) < 4.78 is 42.4. The SMILES string of the molecule is Cc1ccc(CNC(=O)C2CC3CCCC(C2)C3N)c(OCC(F)(F)F)c1. The molecular weight excluding hydrogens is 357 g/mol. The summed E-state index contributed by atoms with van der Waals surface area (Å²) in [6.07, 6.45) is 0.539. The molecule has 0 heterocycles. The molecule has 2 bridgehead atoms. The third-order valence-electron chi connectivity index (χ3n) is 5.85. The lowest BCUT2D eigenvalue weighted by Gasteiger charge is -2.43. The van der Waals surface area contributed by atoms with Crippen LogP contribution in [0.2, 0.25) is 0 Å². The van der Waals surface area contributed by atoms with Crippen molar-refractivity contribution < 1.29 is 22.7 Å². The third kappa shape index (κ3) is 5.15. The Morgan fingerprint density at radius 1 is 1.26 bits per heavy atom. The number of alkyl halides is 3. The van der Waals surface area contributed by atoms with E-state index >= 15 is 0 Å². The second kappa shape index (κ2) is 8.09. The molecule has 0 saturated heterocycles. The number of nitrogens with two attached hydrogens (primary N) is 1. The van der Waals surface area contributed by atoms with E-state index in [9.17, 15) is 18.0 Å². The molecule has 2 unspecified atom stereocenters. The van der Waals surface area contributed by atoms with E-state index in [1.807, 2.05) is 0 Å². The molecule has 0 aliphatic heterocycles. The summed E-state index contributed by atoms with van der Waals surface area (Å²) >= 11 is 0. The smallest absolute Gasteiger partial charge is 0.422 e. The van der Waals surface area contributed by atoms with Crippen LogP contribution in [0, 0.1) is 24.7 Å². The highest BCUT2D eigenvalue weighted by Gasteiger charge is 2.40. The zero-order chi connectivity index (χ0) is 19.6. The van der Waals surface area contributed by atoms with Crippen molar-refractivity contribution in [1.82, 2.24) is 5.32 Å². The fourth-order valence-electron chi connectivity index (χ4n) is 4.43. The van der Waals surface area contributed by atoms with E-state index in [1.54, 1.807) is 25.1 Å². The number of hydrogen-bond acceptors (Lipinski definition) is 3. The molecule has 1 aromatic carbocycles. The molecule has 150 valence electrons. The molecule has 2 aliphatic carbocycles. The highest BCUT2D eigenvalue weighted by Crippen LogP contribution is 2.41. The van der Waals surface area contributed by atoms with Gasteiger partial charge in [-0.3, -0.25) is 4.79 Å². The van der Waals surface area contributed by atoms with Crippen LogP contribution in [0.5, 0.6) is 5.75 Å². The average molecular weight is 384 g/mol. The Labute approximate surface area is 157 Å². The lowest BCUT2D eigenvalue weighted by atomic mass is 9.65. The molecule has 1 aromatic rings. The van der Waals surface area contributed by atoms with Crippen molar-refractivity contribution in [3.63, 3.8) is 0 Å². The summed E-state index contributed by atoms with van der Waals surface area (Å²) in [5.41, 5.74) is 7.62. The normalized spacial score (nSPS) is 27.9. The molecule has 3 N–H and O–H groups in total. The van der Waals surface area contributed by atoms with Crippen LogP contribution in [-0.2, 0) is 11.3 Å². The van der Waals surface area contributed by atoms with Crippen molar-refractivity contribution in [3.05, 3.63) is 29.3 Å². The van der Waals surface area contributed by atoms with Gasteiger partial charge in [-0.1, -0.05) is 18.6 Å². The van der Waals surface area contributed by atoms with Gasteiger partial charge in [0.2, 0.25) is 5.91 Å². The molecule has 2 saturated carbocycles. The molecule has 4 nitrogen and oxygen atoms in total. The van der Waals surface area contributed by atoms with Crippen LogP contribution >= 0.6 is 0 Å². The van der Waals surface area contributed by atoms with E-state index < -0.39 is 12.8 Å². The molecule has 7 heteroatoms. The van der Waals surface area contributed by atoms with Gasteiger partial charge in [0.15, 0.2) is 6.61 Å².